The molecule has 2 amide bonds. The van der Waals surface area contributed by atoms with Gasteiger partial charge in [-0.3, -0.25) is 9.59 Å². The van der Waals surface area contributed by atoms with E-state index in [1.165, 1.54) is 11.3 Å². The second-order valence-electron chi connectivity index (χ2n) is 3.29. The third-order valence-electron chi connectivity index (χ3n) is 2.03. The fourth-order valence-electron chi connectivity index (χ4n) is 1.14. The number of hydrogen-bond acceptors (Lipinski definition) is 3. The zero-order valence-electron chi connectivity index (χ0n) is 9.29. The Balaban J connectivity index is 2.08. The van der Waals surface area contributed by atoms with Gasteiger partial charge in [0.15, 0.2) is 0 Å². The first-order valence-electron chi connectivity index (χ1n) is 5.32. The molecule has 0 aliphatic heterocycles. The molecule has 1 aromatic rings. The maximum Gasteiger partial charge on any atom is 0.261 e. The van der Waals surface area contributed by atoms with E-state index in [4.69, 9.17) is 0 Å². The van der Waals surface area contributed by atoms with E-state index >= 15 is 0 Å². The summed E-state index contributed by atoms with van der Waals surface area (Å²) < 4.78 is 0. The lowest BCUT2D eigenvalue weighted by atomic mass is 10.3. The van der Waals surface area contributed by atoms with Crippen molar-refractivity contribution in [2.45, 2.75) is 19.8 Å². The number of nitrogens with one attached hydrogen (secondary N) is 2. The van der Waals surface area contributed by atoms with Crippen molar-refractivity contribution in [3.05, 3.63) is 22.4 Å². The molecule has 1 rings (SSSR count). The summed E-state index contributed by atoms with van der Waals surface area (Å²) in [6.45, 7) is 3.01. The molecule has 0 fully saturated rings. The quantitative estimate of drug-likeness (QED) is 0.738. The smallest absolute Gasteiger partial charge is 0.261 e. The van der Waals surface area contributed by atoms with E-state index in [1.807, 2.05) is 18.4 Å². The van der Waals surface area contributed by atoms with Crippen molar-refractivity contribution in [2.75, 3.05) is 13.1 Å². The summed E-state index contributed by atoms with van der Waals surface area (Å²) in [6, 6.07) is 3.64. The largest absolute Gasteiger partial charge is 0.356 e. The van der Waals surface area contributed by atoms with Crippen LogP contribution < -0.4 is 10.6 Å². The number of amides is 2. The van der Waals surface area contributed by atoms with E-state index in [0.29, 0.717) is 19.5 Å². The summed E-state index contributed by atoms with van der Waals surface area (Å²) in [6.07, 6.45) is 1.25. The van der Waals surface area contributed by atoms with Gasteiger partial charge in [0.2, 0.25) is 5.91 Å². The Morgan fingerprint density at radius 1 is 1.31 bits per heavy atom. The Hall–Kier alpha value is -1.36. The highest BCUT2D eigenvalue weighted by atomic mass is 32.1. The predicted molar refractivity (Wildman–Crippen MR) is 64.6 cm³/mol. The lowest BCUT2D eigenvalue weighted by molar-refractivity contribution is -0.120. The molecule has 0 aliphatic rings. The van der Waals surface area contributed by atoms with Crippen molar-refractivity contribution in [1.29, 1.82) is 0 Å². The minimum absolute atomic E-state index is 0.0446. The molecular weight excluding hydrogens is 224 g/mol. The Morgan fingerprint density at radius 3 is 2.69 bits per heavy atom. The zero-order valence-corrected chi connectivity index (χ0v) is 10.1. The Bertz CT molecular complexity index is 336. The number of carbonyl (C=O) groups is 2. The van der Waals surface area contributed by atoms with Crippen molar-refractivity contribution in [3.63, 3.8) is 0 Å². The number of hydrogen-bond donors (Lipinski definition) is 2. The molecule has 0 spiro atoms. The van der Waals surface area contributed by atoms with E-state index in [-0.39, 0.29) is 11.8 Å². The van der Waals surface area contributed by atoms with Crippen LogP contribution in [0.5, 0.6) is 0 Å². The van der Waals surface area contributed by atoms with Gasteiger partial charge in [0, 0.05) is 19.5 Å². The molecule has 1 heterocycles. The third kappa shape index (κ3) is 4.44. The first-order valence-corrected chi connectivity index (χ1v) is 6.20. The zero-order chi connectivity index (χ0) is 11.8. The molecule has 0 unspecified atom stereocenters. The topological polar surface area (TPSA) is 58.2 Å². The number of carbonyl (C=O) groups excluding carboxylic acids is 2. The van der Waals surface area contributed by atoms with E-state index < -0.39 is 0 Å². The molecule has 5 heteroatoms. The molecule has 1 aromatic heterocycles. The maximum absolute atomic E-state index is 11.5. The average molecular weight is 240 g/mol. The van der Waals surface area contributed by atoms with Crippen LogP contribution in [0.1, 0.15) is 29.4 Å². The van der Waals surface area contributed by atoms with Gasteiger partial charge in [-0.05, 0) is 17.9 Å². The molecule has 0 bridgehead atoms. The van der Waals surface area contributed by atoms with Crippen LogP contribution in [-0.2, 0) is 4.79 Å². The summed E-state index contributed by atoms with van der Waals surface area (Å²) >= 11 is 1.42. The molecule has 88 valence electrons. The van der Waals surface area contributed by atoms with Gasteiger partial charge in [-0.15, -0.1) is 11.3 Å². The third-order valence-corrected chi connectivity index (χ3v) is 2.90. The second-order valence-corrected chi connectivity index (χ2v) is 4.24. The highest BCUT2D eigenvalue weighted by molar-refractivity contribution is 7.12. The summed E-state index contributed by atoms with van der Waals surface area (Å²) in [5, 5.41) is 7.42. The van der Waals surface area contributed by atoms with Crippen molar-refractivity contribution >= 4 is 23.2 Å². The summed E-state index contributed by atoms with van der Waals surface area (Å²) in [4.78, 5) is 23.1. The van der Waals surface area contributed by atoms with Crippen LogP contribution in [0.15, 0.2) is 17.5 Å². The lowest BCUT2D eigenvalue weighted by Crippen LogP contribution is -2.29. The summed E-state index contributed by atoms with van der Waals surface area (Å²) in [5.41, 5.74) is 0. The van der Waals surface area contributed by atoms with Crippen molar-refractivity contribution in [3.8, 4) is 0 Å². The van der Waals surface area contributed by atoms with Gasteiger partial charge in [-0.2, -0.15) is 0 Å². The van der Waals surface area contributed by atoms with E-state index in [1.54, 1.807) is 6.07 Å². The highest BCUT2D eigenvalue weighted by Crippen LogP contribution is 2.07. The van der Waals surface area contributed by atoms with Crippen LogP contribution in [0.25, 0.3) is 0 Å². The SMILES string of the molecule is CCC(=O)NCCCNC(=O)c1cccs1. The first-order chi connectivity index (χ1) is 7.74. The van der Waals surface area contributed by atoms with Crippen molar-refractivity contribution in [2.24, 2.45) is 0 Å². The minimum atomic E-state index is -0.0446. The van der Waals surface area contributed by atoms with E-state index in [0.717, 1.165) is 11.3 Å². The molecule has 16 heavy (non-hydrogen) atoms. The Morgan fingerprint density at radius 2 is 2.06 bits per heavy atom. The van der Waals surface area contributed by atoms with Crippen LogP contribution in [0.3, 0.4) is 0 Å². The van der Waals surface area contributed by atoms with Gasteiger partial charge in [0.1, 0.15) is 0 Å². The van der Waals surface area contributed by atoms with Crippen LogP contribution >= 0.6 is 11.3 Å². The monoisotopic (exact) mass is 240 g/mol. The fraction of sp³-hybridized carbons (Fsp3) is 0.455. The maximum atomic E-state index is 11.5. The molecule has 0 aliphatic carbocycles. The molecule has 4 nitrogen and oxygen atoms in total. The van der Waals surface area contributed by atoms with Crippen LogP contribution in [-0.4, -0.2) is 24.9 Å². The summed E-state index contributed by atoms with van der Waals surface area (Å²) in [7, 11) is 0. The van der Waals surface area contributed by atoms with Gasteiger partial charge in [-0.25, -0.2) is 0 Å². The van der Waals surface area contributed by atoms with E-state index in [2.05, 4.69) is 10.6 Å². The van der Waals surface area contributed by atoms with Gasteiger partial charge in [0.05, 0.1) is 4.88 Å². The second kappa shape index (κ2) is 7.00. The van der Waals surface area contributed by atoms with Gasteiger partial charge >= 0.3 is 0 Å². The lowest BCUT2D eigenvalue weighted by Gasteiger charge is -2.04. The van der Waals surface area contributed by atoms with Crippen molar-refractivity contribution < 1.29 is 9.59 Å². The first kappa shape index (κ1) is 12.7. The van der Waals surface area contributed by atoms with Gasteiger partial charge < -0.3 is 10.6 Å². The standard InChI is InChI=1S/C11H16N2O2S/c1-2-10(14)12-6-4-7-13-11(15)9-5-3-8-16-9/h3,5,8H,2,4,6-7H2,1H3,(H,12,14)(H,13,15). The minimum Gasteiger partial charge on any atom is -0.356 e. The van der Waals surface area contributed by atoms with Crippen molar-refractivity contribution in [1.82, 2.24) is 10.6 Å². The molecule has 0 atom stereocenters. The highest BCUT2D eigenvalue weighted by Gasteiger charge is 2.04. The molecular formula is C11H16N2O2S. The summed E-state index contributed by atoms with van der Waals surface area (Å²) in [5.74, 6) is 0.00130. The van der Waals surface area contributed by atoms with Gasteiger partial charge in [-0.1, -0.05) is 13.0 Å². The average Bonchev–Trinajstić information content (AvgIpc) is 2.81. The molecule has 2 N–H and O–H groups in total. The molecule has 0 saturated heterocycles. The normalized spacial score (nSPS) is 9.81. The predicted octanol–water partition coefficient (Wildman–Crippen LogP) is 1.39. The Kier molecular flexibility index (Phi) is 5.56. The fourth-order valence-corrected chi connectivity index (χ4v) is 1.78. The molecule has 0 radical (unpaired) electrons. The van der Waals surface area contributed by atoms with Crippen LogP contribution in [0.4, 0.5) is 0 Å². The Labute approximate surface area is 99.0 Å². The van der Waals surface area contributed by atoms with Crippen LogP contribution in [0.2, 0.25) is 0 Å². The van der Waals surface area contributed by atoms with Crippen LogP contribution in [0, 0.1) is 0 Å². The number of thiophene rings is 1. The van der Waals surface area contributed by atoms with Gasteiger partial charge in [0.25, 0.3) is 5.91 Å². The van der Waals surface area contributed by atoms with E-state index in [9.17, 15) is 9.59 Å². The molecule has 0 aromatic carbocycles. The molecule has 0 saturated carbocycles. The number of rotatable bonds is 6.